The van der Waals surface area contributed by atoms with E-state index in [4.69, 9.17) is 14.5 Å². The van der Waals surface area contributed by atoms with Crippen LogP contribution in [-0.2, 0) is 9.47 Å². The minimum atomic E-state index is -0.398. The molecule has 9 rings (SSSR count). The van der Waals surface area contributed by atoms with Gasteiger partial charge in [-0.3, -0.25) is 0 Å². The molecule has 0 atom stereocenters. The molecule has 5 heteroatoms. The molecule has 4 heterocycles. The SMILES string of the molecule is CC1(C)OC(c2ccc(-c3nc4ccccc4c4c3sc3c4c4ccccc4n3-c3cccc4ccccc34)cc2)OC1(C)C. The molecule has 0 N–H and O–H groups in total. The molecular formula is C40H32N2O2S. The van der Waals surface area contributed by atoms with E-state index in [0.717, 1.165) is 22.3 Å². The summed E-state index contributed by atoms with van der Waals surface area (Å²) in [4.78, 5) is 6.53. The average molecular weight is 605 g/mol. The van der Waals surface area contributed by atoms with Crippen LogP contribution in [0.4, 0.5) is 0 Å². The first-order valence-electron chi connectivity index (χ1n) is 15.5. The second-order valence-corrected chi connectivity index (χ2v) is 14.0. The van der Waals surface area contributed by atoms with Gasteiger partial charge in [-0.1, -0.05) is 97.1 Å². The molecule has 220 valence electrons. The third-order valence-electron chi connectivity index (χ3n) is 9.84. The fourth-order valence-corrected chi connectivity index (χ4v) is 8.18. The minimum absolute atomic E-state index is 0.383. The zero-order valence-corrected chi connectivity index (χ0v) is 26.5. The van der Waals surface area contributed by atoms with Crippen LogP contribution in [0.25, 0.3) is 69.8 Å². The first-order valence-corrected chi connectivity index (χ1v) is 16.3. The standard InChI is InChI=1S/C40H32N2O2S/c1-39(2)40(3,4)44-38(43-39)26-22-20-25(21-23-26)35-36-33(28-15-7-9-17-30(28)41-35)34-29-16-8-10-18-32(29)42(37(34)45-36)31-19-11-13-24-12-5-6-14-27(24)31/h5-23,38H,1-4H3. The molecule has 0 spiro atoms. The lowest BCUT2D eigenvalue weighted by Gasteiger charge is -2.30. The van der Waals surface area contributed by atoms with Crippen molar-refractivity contribution in [3.63, 3.8) is 0 Å². The third kappa shape index (κ3) is 3.88. The van der Waals surface area contributed by atoms with Crippen molar-refractivity contribution >= 4 is 64.2 Å². The van der Waals surface area contributed by atoms with E-state index in [1.54, 1.807) is 0 Å². The molecule has 0 bridgehead atoms. The largest absolute Gasteiger partial charge is 0.339 e. The smallest absolute Gasteiger partial charge is 0.185 e. The second kappa shape index (κ2) is 9.48. The number of thiophene rings is 1. The maximum Gasteiger partial charge on any atom is 0.185 e. The summed E-state index contributed by atoms with van der Waals surface area (Å²) in [7, 11) is 0. The van der Waals surface area contributed by atoms with Gasteiger partial charge in [0.05, 0.1) is 38.3 Å². The molecule has 3 aromatic heterocycles. The van der Waals surface area contributed by atoms with Crippen molar-refractivity contribution in [3.8, 4) is 16.9 Å². The van der Waals surface area contributed by atoms with Gasteiger partial charge in [-0.05, 0) is 51.3 Å². The summed E-state index contributed by atoms with van der Waals surface area (Å²) in [6.07, 6.45) is -0.398. The Morgan fingerprint density at radius 2 is 1.29 bits per heavy atom. The Kier molecular flexibility index (Phi) is 5.65. The summed E-state index contributed by atoms with van der Waals surface area (Å²) in [5.41, 5.74) is 5.73. The van der Waals surface area contributed by atoms with Gasteiger partial charge in [0.25, 0.3) is 0 Å². The fraction of sp³-hybridized carbons (Fsp3) is 0.175. The number of nitrogens with zero attached hydrogens (tertiary/aromatic N) is 2. The van der Waals surface area contributed by atoms with E-state index in [9.17, 15) is 0 Å². The Labute approximate surface area is 265 Å². The van der Waals surface area contributed by atoms with Crippen LogP contribution in [0.3, 0.4) is 0 Å². The van der Waals surface area contributed by atoms with Crippen LogP contribution in [0.1, 0.15) is 39.5 Å². The fourth-order valence-electron chi connectivity index (χ4n) is 6.81. The molecule has 0 amide bonds. The summed E-state index contributed by atoms with van der Waals surface area (Å²) in [5, 5.41) is 7.45. The van der Waals surface area contributed by atoms with Gasteiger partial charge in [-0.25, -0.2) is 4.98 Å². The number of rotatable bonds is 3. The maximum atomic E-state index is 6.34. The lowest BCUT2D eigenvalue weighted by Crippen LogP contribution is -2.41. The van der Waals surface area contributed by atoms with E-state index in [2.05, 4.69) is 148 Å². The van der Waals surface area contributed by atoms with E-state index < -0.39 is 6.29 Å². The molecule has 8 aromatic rings. The van der Waals surface area contributed by atoms with Crippen LogP contribution in [0.2, 0.25) is 0 Å². The molecule has 5 aromatic carbocycles. The van der Waals surface area contributed by atoms with Crippen LogP contribution >= 0.6 is 11.3 Å². The molecule has 0 radical (unpaired) electrons. The number of pyridine rings is 1. The van der Waals surface area contributed by atoms with Gasteiger partial charge in [0.2, 0.25) is 0 Å². The molecule has 4 nitrogen and oxygen atoms in total. The molecular weight excluding hydrogens is 573 g/mol. The van der Waals surface area contributed by atoms with Gasteiger partial charge >= 0.3 is 0 Å². The van der Waals surface area contributed by atoms with Crippen LogP contribution in [-0.4, -0.2) is 20.8 Å². The highest BCUT2D eigenvalue weighted by Crippen LogP contribution is 2.49. The van der Waals surface area contributed by atoms with Crippen molar-refractivity contribution in [3.05, 3.63) is 121 Å². The number of para-hydroxylation sites is 2. The van der Waals surface area contributed by atoms with Crippen molar-refractivity contribution in [2.24, 2.45) is 0 Å². The van der Waals surface area contributed by atoms with Crippen molar-refractivity contribution in [2.75, 3.05) is 0 Å². The van der Waals surface area contributed by atoms with Gasteiger partial charge in [-0.2, -0.15) is 0 Å². The zero-order valence-electron chi connectivity index (χ0n) is 25.7. The summed E-state index contributed by atoms with van der Waals surface area (Å²) in [6, 6.07) is 41.2. The Hall–Kier alpha value is -4.55. The zero-order chi connectivity index (χ0) is 30.5. The molecule has 0 saturated carbocycles. The van der Waals surface area contributed by atoms with Gasteiger partial charge in [0.1, 0.15) is 4.83 Å². The highest BCUT2D eigenvalue weighted by Gasteiger charge is 2.49. The second-order valence-electron chi connectivity index (χ2n) is 13.0. The van der Waals surface area contributed by atoms with Gasteiger partial charge in [-0.15, -0.1) is 11.3 Å². The number of benzene rings is 5. The minimum Gasteiger partial charge on any atom is -0.339 e. The summed E-state index contributed by atoms with van der Waals surface area (Å²) in [6.45, 7) is 8.36. The molecule has 0 aliphatic carbocycles. The maximum absolute atomic E-state index is 6.34. The normalized spacial score (nSPS) is 16.5. The van der Waals surface area contributed by atoms with Crippen LogP contribution in [0.15, 0.2) is 115 Å². The van der Waals surface area contributed by atoms with Crippen LogP contribution < -0.4 is 0 Å². The van der Waals surface area contributed by atoms with E-state index in [-0.39, 0.29) is 11.2 Å². The summed E-state index contributed by atoms with van der Waals surface area (Å²) < 4.78 is 16.3. The molecule has 1 fully saturated rings. The highest BCUT2D eigenvalue weighted by molar-refractivity contribution is 7.26. The Balaban J connectivity index is 1.31. The number of aromatic nitrogens is 2. The van der Waals surface area contributed by atoms with Crippen molar-refractivity contribution in [1.29, 1.82) is 0 Å². The number of ether oxygens (including phenoxy) is 2. The lowest BCUT2D eigenvalue weighted by molar-refractivity contribution is -0.0895. The Morgan fingerprint density at radius 3 is 2.07 bits per heavy atom. The highest BCUT2D eigenvalue weighted by atomic mass is 32.1. The summed E-state index contributed by atoms with van der Waals surface area (Å²) >= 11 is 1.83. The Bertz CT molecular complexity index is 2430. The summed E-state index contributed by atoms with van der Waals surface area (Å²) in [5.74, 6) is 0. The number of hydrogen-bond donors (Lipinski definition) is 0. The molecule has 1 saturated heterocycles. The predicted molar refractivity (Wildman–Crippen MR) is 187 cm³/mol. The van der Waals surface area contributed by atoms with Gasteiger partial charge < -0.3 is 14.0 Å². The van der Waals surface area contributed by atoms with Crippen molar-refractivity contribution in [1.82, 2.24) is 9.55 Å². The quantitative estimate of drug-likeness (QED) is 0.201. The topological polar surface area (TPSA) is 36.3 Å². The predicted octanol–water partition coefficient (Wildman–Crippen LogP) is 11.0. The van der Waals surface area contributed by atoms with Crippen LogP contribution in [0.5, 0.6) is 0 Å². The number of fused-ring (bicyclic) bond motifs is 8. The number of hydrogen-bond acceptors (Lipinski definition) is 4. The van der Waals surface area contributed by atoms with E-state index >= 15 is 0 Å². The van der Waals surface area contributed by atoms with Crippen molar-refractivity contribution in [2.45, 2.75) is 45.2 Å². The third-order valence-corrected chi connectivity index (χ3v) is 11.0. The van der Waals surface area contributed by atoms with Crippen molar-refractivity contribution < 1.29 is 9.47 Å². The molecule has 0 unspecified atom stereocenters. The Morgan fingerprint density at radius 1 is 0.644 bits per heavy atom. The van der Waals surface area contributed by atoms with Gasteiger partial charge in [0, 0.05) is 38.1 Å². The lowest BCUT2D eigenvalue weighted by atomic mass is 9.90. The first kappa shape index (κ1) is 26.8. The molecule has 45 heavy (non-hydrogen) atoms. The van der Waals surface area contributed by atoms with E-state index in [1.165, 1.54) is 53.1 Å². The molecule has 1 aliphatic heterocycles. The average Bonchev–Trinajstić information content (AvgIpc) is 3.66. The molecule has 1 aliphatic rings. The van der Waals surface area contributed by atoms with Crippen LogP contribution in [0, 0.1) is 0 Å². The van der Waals surface area contributed by atoms with Gasteiger partial charge in [0.15, 0.2) is 6.29 Å². The van der Waals surface area contributed by atoms with E-state index in [1.807, 2.05) is 11.3 Å². The van der Waals surface area contributed by atoms with E-state index in [0.29, 0.717) is 0 Å². The monoisotopic (exact) mass is 604 g/mol. The first-order chi connectivity index (χ1) is 21.8.